The number of thiophene rings is 1. The largest absolute Gasteiger partial charge is 0.341 e. The van der Waals surface area contributed by atoms with Crippen LogP contribution in [0.5, 0.6) is 0 Å². The number of amides is 1. The van der Waals surface area contributed by atoms with Crippen LogP contribution in [-0.4, -0.2) is 17.9 Å². The zero-order valence-electron chi connectivity index (χ0n) is 12.0. The lowest BCUT2D eigenvalue weighted by Crippen LogP contribution is -2.32. The number of aryl methyl sites for hydroxylation is 1. The van der Waals surface area contributed by atoms with Gasteiger partial charge in [0.05, 0.1) is 9.70 Å². The van der Waals surface area contributed by atoms with Crippen molar-refractivity contribution in [2.24, 2.45) is 0 Å². The minimum absolute atomic E-state index is 0.0297. The summed E-state index contributed by atoms with van der Waals surface area (Å²) >= 11 is 5.13. The van der Waals surface area contributed by atoms with Gasteiger partial charge in [0.2, 0.25) is 5.91 Å². The van der Waals surface area contributed by atoms with E-state index in [0.29, 0.717) is 6.54 Å². The molecule has 4 heteroatoms. The van der Waals surface area contributed by atoms with Crippen molar-refractivity contribution in [2.45, 2.75) is 31.7 Å². The van der Waals surface area contributed by atoms with Crippen LogP contribution in [0.2, 0.25) is 0 Å². The summed E-state index contributed by atoms with van der Waals surface area (Å²) in [5, 5.41) is 2.10. The molecule has 2 nitrogen and oxygen atoms in total. The number of benzene rings is 1. The van der Waals surface area contributed by atoms with Crippen molar-refractivity contribution in [1.29, 1.82) is 0 Å². The van der Waals surface area contributed by atoms with Crippen molar-refractivity contribution in [3.05, 3.63) is 56.2 Å². The lowest BCUT2D eigenvalue weighted by atomic mass is 9.82. The Hall–Kier alpha value is -1.13. The van der Waals surface area contributed by atoms with Gasteiger partial charge in [0, 0.05) is 13.6 Å². The van der Waals surface area contributed by atoms with Crippen LogP contribution in [0.4, 0.5) is 0 Å². The highest BCUT2D eigenvalue weighted by Gasteiger charge is 2.28. The SMILES string of the molecule is CN(Cc1csc(Br)c1)C(=O)C1CCCc2ccccc21. The normalized spacial score (nSPS) is 17.3. The number of hydrogen-bond acceptors (Lipinski definition) is 2. The van der Waals surface area contributed by atoms with Gasteiger partial charge in [0.15, 0.2) is 0 Å². The maximum atomic E-state index is 12.8. The van der Waals surface area contributed by atoms with E-state index >= 15 is 0 Å². The fourth-order valence-electron chi connectivity index (χ4n) is 3.06. The summed E-state index contributed by atoms with van der Waals surface area (Å²) in [5.74, 6) is 0.270. The van der Waals surface area contributed by atoms with Crippen LogP contribution in [0.25, 0.3) is 0 Å². The van der Waals surface area contributed by atoms with E-state index in [0.717, 1.165) is 23.0 Å². The fraction of sp³-hybridized carbons (Fsp3) is 0.353. The maximum absolute atomic E-state index is 12.8. The summed E-state index contributed by atoms with van der Waals surface area (Å²) in [7, 11) is 1.91. The van der Waals surface area contributed by atoms with Crippen LogP contribution in [-0.2, 0) is 17.8 Å². The second-order valence-electron chi connectivity index (χ2n) is 5.60. The number of halogens is 1. The maximum Gasteiger partial charge on any atom is 0.230 e. The van der Waals surface area contributed by atoms with Gasteiger partial charge in [-0.3, -0.25) is 4.79 Å². The van der Waals surface area contributed by atoms with Crippen molar-refractivity contribution >= 4 is 33.2 Å². The van der Waals surface area contributed by atoms with Crippen molar-refractivity contribution in [1.82, 2.24) is 4.90 Å². The van der Waals surface area contributed by atoms with E-state index in [1.54, 1.807) is 11.3 Å². The second kappa shape index (κ2) is 6.32. The minimum Gasteiger partial charge on any atom is -0.341 e. The van der Waals surface area contributed by atoms with Gasteiger partial charge >= 0.3 is 0 Å². The standard InChI is InChI=1S/C17H18BrNOS/c1-19(10-12-9-16(18)21-11-12)17(20)15-8-4-6-13-5-2-3-7-14(13)15/h2-3,5,7,9,11,15H,4,6,8,10H2,1H3. The third-order valence-corrected chi connectivity index (χ3v) is 5.64. The third-order valence-electron chi connectivity index (χ3n) is 4.09. The summed E-state index contributed by atoms with van der Waals surface area (Å²) in [4.78, 5) is 14.7. The average Bonchev–Trinajstić information content (AvgIpc) is 2.91. The zero-order chi connectivity index (χ0) is 14.8. The number of nitrogens with zero attached hydrogens (tertiary/aromatic N) is 1. The van der Waals surface area contributed by atoms with Gasteiger partial charge in [-0.25, -0.2) is 0 Å². The quantitative estimate of drug-likeness (QED) is 0.780. The number of rotatable bonds is 3. The van der Waals surface area contributed by atoms with Gasteiger partial charge in [-0.2, -0.15) is 0 Å². The minimum atomic E-state index is 0.0297. The Morgan fingerprint density at radius 1 is 1.43 bits per heavy atom. The molecule has 1 aliphatic carbocycles. The first-order chi connectivity index (χ1) is 10.1. The monoisotopic (exact) mass is 363 g/mol. The molecule has 0 saturated heterocycles. The molecule has 1 heterocycles. The summed E-state index contributed by atoms with van der Waals surface area (Å²) in [5.41, 5.74) is 3.76. The topological polar surface area (TPSA) is 20.3 Å². The Morgan fingerprint density at radius 3 is 3.00 bits per heavy atom. The average molecular weight is 364 g/mol. The summed E-state index contributed by atoms with van der Waals surface area (Å²) in [6, 6.07) is 10.5. The molecule has 0 aliphatic heterocycles. The van der Waals surface area contributed by atoms with E-state index in [1.165, 1.54) is 16.7 Å². The molecule has 2 aromatic rings. The Kier molecular flexibility index (Phi) is 4.45. The first kappa shape index (κ1) is 14.8. The Labute approximate surface area is 137 Å². The Balaban J connectivity index is 1.76. The van der Waals surface area contributed by atoms with E-state index in [-0.39, 0.29) is 11.8 Å². The molecule has 3 rings (SSSR count). The van der Waals surface area contributed by atoms with E-state index in [4.69, 9.17) is 0 Å². The molecular weight excluding hydrogens is 346 g/mol. The highest BCUT2D eigenvalue weighted by atomic mass is 79.9. The molecule has 0 bridgehead atoms. The smallest absolute Gasteiger partial charge is 0.230 e. The predicted octanol–water partition coefficient (Wildman–Crippen LogP) is 4.59. The van der Waals surface area contributed by atoms with Gasteiger partial charge in [-0.1, -0.05) is 24.3 Å². The van der Waals surface area contributed by atoms with E-state index in [9.17, 15) is 4.79 Å². The molecule has 0 spiro atoms. The molecule has 1 aromatic carbocycles. The molecule has 1 amide bonds. The summed E-state index contributed by atoms with van der Waals surface area (Å²) < 4.78 is 1.11. The molecule has 1 aromatic heterocycles. The fourth-order valence-corrected chi connectivity index (χ4v) is 4.26. The Bertz CT molecular complexity index is 652. The number of carbonyl (C=O) groups is 1. The van der Waals surface area contributed by atoms with Crippen LogP contribution in [0.15, 0.2) is 39.5 Å². The number of fused-ring (bicyclic) bond motifs is 1. The summed E-state index contributed by atoms with van der Waals surface area (Å²) in [6.45, 7) is 0.680. The molecule has 0 saturated carbocycles. The van der Waals surface area contributed by atoms with E-state index in [1.807, 2.05) is 18.0 Å². The molecule has 110 valence electrons. The Morgan fingerprint density at radius 2 is 2.24 bits per heavy atom. The highest BCUT2D eigenvalue weighted by molar-refractivity contribution is 9.11. The van der Waals surface area contributed by atoms with Crippen molar-refractivity contribution in [3.8, 4) is 0 Å². The molecule has 0 fully saturated rings. The highest BCUT2D eigenvalue weighted by Crippen LogP contribution is 2.33. The van der Waals surface area contributed by atoms with E-state index in [2.05, 4.69) is 45.6 Å². The first-order valence-corrected chi connectivity index (χ1v) is 8.88. The summed E-state index contributed by atoms with van der Waals surface area (Å²) in [6.07, 6.45) is 3.17. The van der Waals surface area contributed by atoms with Crippen LogP contribution in [0.1, 0.15) is 35.4 Å². The predicted molar refractivity (Wildman–Crippen MR) is 90.6 cm³/mol. The number of hydrogen-bond donors (Lipinski definition) is 0. The van der Waals surface area contributed by atoms with E-state index < -0.39 is 0 Å². The second-order valence-corrected chi connectivity index (χ2v) is 7.89. The molecule has 1 aliphatic rings. The van der Waals surface area contributed by atoms with Gasteiger partial charge in [-0.05, 0) is 63.3 Å². The zero-order valence-corrected chi connectivity index (χ0v) is 14.4. The molecule has 1 unspecified atom stereocenters. The molecule has 0 radical (unpaired) electrons. The molecule has 21 heavy (non-hydrogen) atoms. The third kappa shape index (κ3) is 3.22. The van der Waals surface area contributed by atoms with Crippen molar-refractivity contribution < 1.29 is 4.79 Å². The first-order valence-electron chi connectivity index (χ1n) is 7.21. The molecule has 1 atom stereocenters. The molecule has 0 N–H and O–H groups in total. The van der Waals surface area contributed by atoms with Gasteiger partial charge in [0.1, 0.15) is 0 Å². The van der Waals surface area contributed by atoms with Crippen LogP contribution < -0.4 is 0 Å². The van der Waals surface area contributed by atoms with Gasteiger partial charge in [-0.15, -0.1) is 11.3 Å². The van der Waals surface area contributed by atoms with Crippen LogP contribution >= 0.6 is 27.3 Å². The van der Waals surface area contributed by atoms with Crippen LogP contribution in [0, 0.1) is 0 Å². The van der Waals surface area contributed by atoms with Gasteiger partial charge in [0.25, 0.3) is 0 Å². The lowest BCUT2D eigenvalue weighted by Gasteiger charge is -2.28. The van der Waals surface area contributed by atoms with Crippen molar-refractivity contribution in [3.63, 3.8) is 0 Å². The van der Waals surface area contributed by atoms with Crippen molar-refractivity contribution in [2.75, 3.05) is 7.05 Å². The number of carbonyl (C=O) groups excluding carboxylic acids is 1. The number of likely N-dealkylation sites (N-methyl/N-ethyl adjacent to an activating group) is 1. The lowest BCUT2D eigenvalue weighted by molar-refractivity contribution is -0.132. The molecular formula is C17H18BrNOS. The van der Waals surface area contributed by atoms with Crippen LogP contribution in [0.3, 0.4) is 0 Å². The van der Waals surface area contributed by atoms with Gasteiger partial charge < -0.3 is 4.90 Å².